The zero-order chi connectivity index (χ0) is 8.43. The quantitative estimate of drug-likeness (QED) is 0.785. The molecule has 0 spiro atoms. The second-order valence-corrected chi connectivity index (χ2v) is 3.86. The number of rotatable bonds is 1. The molecule has 0 saturated heterocycles. The maximum atomic E-state index is 8.94. The molecule has 60 valence electrons. The van der Waals surface area contributed by atoms with Crippen molar-refractivity contribution in [2.45, 2.75) is 13.5 Å². The van der Waals surface area contributed by atoms with Gasteiger partial charge in [0.15, 0.2) is 0 Å². The summed E-state index contributed by atoms with van der Waals surface area (Å²) in [4.78, 5) is 0. The van der Waals surface area contributed by atoms with Crippen LogP contribution in [-0.2, 0) is 6.61 Å². The molecule has 11 heavy (non-hydrogen) atoms. The number of aliphatic hydroxyl groups excluding tert-OH is 1. The Morgan fingerprint density at radius 2 is 2.18 bits per heavy atom. The van der Waals surface area contributed by atoms with Crippen molar-refractivity contribution in [1.29, 1.82) is 0 Å². The molecule has 1 rings (SSSR count). The van der Waals surface area contributed by atoms with Crippen LogP contribution in [0.25, 0.3) is 0 Å². The highest BCUT2D eigenvalue weighted by Crippen LogP contribution is 2.23. The van der Waals surface area contributed by atoms with E-state index < -0.39 is 0 Å². The number of aliphatic hydroxyl groups is 1. The van der Waals surface area contributed by atoms with Crippen molar-refractivity contribution in [3.05, 3.63) is 31.9 Å². The Morgan fingerprint density at radius 1 is 1.55 bits per heavy atom. The Kier molecular flexibility index (Phi) is 3.16. The van der Waals surface area contributed by atoms with Crippen molar-refractivity contribution >= 4 is 34.2 Å². The summed E-state index contributed by atoms with van der Waals surface area (Å²) < 4.78 is 1.14. The van der Waals surface area contributed by atoms with Crippen LogP contribution < -0.4 is 0 Å². The summed E-state index contributed by atoms with van der Waals surface area (Å²) in [5.41, 5.74) is 1.90. The van der Waals surface area contributed by atoms with Gasteiger partial charge in [-0.15, -0.1) is 0 Å². The molecule has 0 heterocycles. The van der Waals surface area contributed by atoms with Crippen LogP contribution in [0.1, 0.15) is 11.1 Å². The van der Waals surface area contributed by atoms with E-state index in [1.54, 1.807) is 0 Å². The fourth-order valence-electron chi connectivity index (χ4n) is 0.889. The topological polar surface area (TPSA) is 20.2 Å². The van der Waals surface area contributed by atoms with Gasteiger partial charge in [0.2, 0.25) is 0 Å². The Morgan fingerprint density at radius 3 is 2.64 bits per heavy atom. The van der Waals surface area contributed by atoms with Gasteiger partial charge in [-0.2, -0.15) is 0 Å². The molecule has 0 atom stereocenters. The molecule has 1 aromatic rings. The molecule has 0 unspecified atom stereocenters. The minimum atomic E-state index is 0.0154. The van der Waals surface area contributed by atoms with Crippen molar-refractivity contribution in [2.24, 2.45) is 0 Å². The largest absolute Gasteiger partial charge is 0.392 e. The molecule has 0 aliphatic heterocycles. The van der Waals surface area contributed by atoms with E-state index in [0.29, 0.717) is 5.02 Å². The Bertz CT molecular complexity index is 273. The third-order valence-corrected chi connectivity index (χ3v) is 3.16. The highest BCUT2D eigenvalue weighted by atomic mass is 127. The lowest BCUT2D eigenvalue weighted by molar-refractivity contribution is 0.281. The normalized spacial score (nSPS) is 10.2. The van der Waals surface area contributed by atoms with Gasteiger partial charge in [-0.1, -0.05) is 11.6 Å². The van der Waals surface area contributed by atoms with E-state index in [0.717, 1.165) is 14.7 Å². The lowest BCUT2D eigenvalue weighted by Gasteiger charge is -2.06. The van der Waals surface area contributed by atoms with Gasteiger partial charge in [0.1, 0.15) is 0 Å². The van der Waals surface area contributed by atoms with Gasteiger partial charge in [-0.25, -0.2) is 0 Å². The zero-order valence-electron chi connectivity index (χ0n) is 6.06. The molecule has 0 saturated carbocycles. The second kappa shape index (κ2) is 3.74. The van der Waals surface area contributed by atoms with Crippen LogP contribution in [0.4, 0.5) is 0 Å². The highest BCUT2D eigenvalue weighted by Gasteiger charge is 2.04. The third kappa shape index (κ3) is 1.86. The van der Waals surface area contributed by atoms with Gasteiger partial charge in [-0.05, 0) is 47.2 Å². The van der Waals surface area contributed by atoms with Crippen LogP contribution in [0.15, 0.2) is 12.1 Å². The minimum Gasteiger partial charge on any atom is -0.392 e. The fraction of sp³-hybridized carbons (Fsp3) is 0.250. The highest BCUT2D eigenvalue weighted by molar-refractivity contribution is 14.1. The van der Waals surface area contributed by atoms with E-state index in [2.05, 4.69) is 22.6 Å². The van der Waals surface area contributed by atoms with Crippen LogP contribution in [0.5, 0.6) is 0 Å². The summed E-state index contributed by atoms with van der Waals surface area (Å²) in [7, 11) is 0. The predicted molar refractivity (Wildman–Crippen MR) is 54.8 cm³/mol. The SMILES string of the molecule is Cc1c(I)ccc(Cl)c1CO. The van der Waals surface area contributed by atoms with Gasteiger partial charge in [-0.3, -0.25) is 0 Å². The molecule has 3 heteroatoms. The van der Waals surface area contributed by atoms with E-state index in [-0.39, 0.29) is 6.61 Å². The van der Waals surface area contributed by atoms with Gasteiger partial charge in [0, 0.05) is 14.2 Å². The maximum Gasteiger partial charge on any atom is 0.0699 e. The molecule has 1 aromatic carbocycles. The Labute approximate surface area is 84.5 Å². The minimum absolute atomic E-state index is 0.0154. The molecule has 0 aliphatic carbocycles. The second-order valence-electron chi connectivity index (χ2n) is 2.29. The summed E-state index contributed by atoms with van der Waals surface area (Å²) in [6.07, 6.45) is 0. The molecule has 1 N–H and O–H groups in total. The molecule has 0 amide bonds. The van der Waals surface area contributed by atoms with Crippen molar-refractivity contribution in [3.8, 4) is 0 Å². The van der Waals surface area contributed by atoms with Crippen molar-refractivity contribution in [3.63, 3.8) is 0 Å². The van der Waals surface area contributed by atoms with Crippen LogP contribution >= 0.6 is 34.2 Å². The molecule has 1 nitrogen and oxygen atoms in total. The van der Waals surface area contributed by atoms with Crippen molar-refractivity contribution in [2.75, 3.05) is 0 Å². The van der Waals surface area contributed by atoms with Gasteiger partial charge in [0.05, 0.1) is 6.61 Å². The summed E-state index contributed by atoms with van der Waals surface area (Å²) in [6.45, 7) is 1.97. The molecular weight excluding hydrogens is 274 g/mol. The van der Waals surface area contributed by atoms with Crippen molar-refractivity contribution in [1.82, 2.24) is 0 Å². The zero-order valence-corrected chi connectivity index (χ0v) is 8.98. The van der Waals surface area contributed by atoms with Gasteiger partial charge >= 0.3 is 0 Å². The number of hydrogen-bond acceptors (Lipinski definition) is 1. The Balaban J connectivity index is 3.29. The maximum absolute atomic E-state index is 8.94. The number of benzene rings is 1. The monoisotopic (exact) mass is 282 g/mol. The first kappa shape index (κ1) is 9.29. The first-order chi connectivity index (χ1) is 5.16. The van der Waals surface area contributed by atoms with E-state index in [4.69, 9.17) is 16.7 Å². The summed E-state index contributed by atoms with van der Waals surface area (Å²) in [5.74, 6) is 0. The number of hydrogen-bond donors (Lipinski definition) is 1. The van der Waals surface area contributed by atoms with Crippen LogP contribution in [0, 0.1) is 10.5 Å². The molecule has 0 radical (unpaired) electrons. The summed E-state index contributed by atoms with van der Waals surface area (Å²) in [5, 5.41) is 9.58. The smallest absolute Gasteiger partial charge is 0.0699 e. The Hall–Kier alpha value is 0.200. The van der Waals surface area contributed by atoms with Crippen LogP contribution in [-0.4, -0.2) is 5.11 Å². The van der Waals surface area contributed by atoms with Crippen LogP contribution in [0.3, 0.4) is 0 Å². The molecule has 0 aromatic heterocycles. The lowest BCUT2D eigenvalue weighted by atomic mass is 10.1. The predicted octanol–water partition coefficient (Wildman–Crippen LogP) is 2.75. The van der Waals surface area contributed by atoms with Crippen LogP contribution in [0.2, 0.25) is 5.02 Å². The molecule has 0 bridgehead atoms. The third-order valence-electron chi connectivity index (χ3n) is 1.63. The van der Waals surface area contributed by atoms with Gasteiger partial charge in [0.25, 0.3) is 0 Å². The summed E-state index contributed by atoms with van der Waals surface area (Å²) in [6, 6.07) is 3.75. The average molecular weight is 283 g/mol. The molecule has 0 fully saturated rings. The molecule has 0 aliphatic rings. The molecular formula is C8H8ClIO. The van der Waals surface area contributed by atoms with Crippen molar-refractivity contribution < 1.29 is 5.11 Å². The summed E-state index contributed by atoms with van der Waals surface area (Å²) >= 11 is 8.06. The van der Waals surface area contributed by atoms with E-state index in [9.17, 15) is 0 Å². The van der Waals surface area contributed by atoms with E-state index in [1.165, 1.54) is 0 Å². The first-order valence-electron chi connectivity index (χ1n) is 3.21. The lowest BCUT2D eigenvalue weighted by Crippen LogP contribution is -1.92. The van der Waals surface area contributed by atoms with E-state index >= 15 is 0 Å². The fourth-order valence-corrected chi connectivity index (χ4v) is 1.66. The number of halogens is 2. The average Bonchev–Trinajstić information content (AvgIpc) is 1.99. The van der Waals surface area contributed by atoms with Gasteiger partial charge < -0.3 is 5.11 Å². The van der Waals surface area contributed by atoms with E-state index in [1.807, 2.05) is 19.1 Å². The first-order valence-corrected chi connectivity index (χ1v) is 4.67. The standard InChI is InChI=1S/C8H8ClIO/c1-5-6(4-11)7(9)2-3-8(5)10/h2-3,11H,4H2,1H3.